The first kappa shape index (κ1) is 48.8. The van der Waals surface area contributed by atoms with Crippen LogP contribution in [0, 0.1) is 17.8 Å². The van der Waals surface area contributed by atoms with Crippen LogP contribution in [-0.4, -0.2) is 64.4 Å². The van der Waals surface area contributed by atoms with E-state index in [2.05, 4.69) is 62.0 Å². The van der Waals surface area contributed by atoms with Gasteiger partial charge in [0.2, 0.25) is 17.7 Å². The van der Waals surface area contributed by atoms with Crippen LogP contribution in [-0.2, 0) is 30.3 Å². The molecule has 4 N–H and O–H groups in total. The fourth-order valence-corrected chi connectivity index (χ4v) is 6.71. The Hall–Kier alpha value is -5.38. The topological polar surface area (TPSA) is 141 Å². The summed E-state index contributed by atoms with van der Waals surface area (Å²) in [4.78, 5) is 58.5. The summed E-state index contributed by atoms with van der Waals surface area (Å²) in [6, 6.07) is 11.3. The molecule has 0 spiro atoms. The summed E-state index contributed by atoms with van der Waals surface area (Å²) in [5.41, 5.74) is 4.87. The number of allylic oxidation sites excluding steroid dienone is 7. The van der Waals surface area contributed by atoms with E-state index < -0.39 is 35.9 Å². The molecule has 0 saturated carbocycles. The lowest BCUT2D eigenvalue weighted by Crippen LogP contribution is -2.55. The second kappa shape index (κ2) is 25.1. The maximum absolute atomic E-state index is 14.1. The minimum Gasteiger partial charge on any atom is -0.508 e. The number of aromatic hydroxyl groups is 1. The number of esters is 1. The number of phenols is 1. The number of benzene rings is 2. The largest absolute Gasteiger partial charge is 0.508 e. The van der Waals surface area contributed by atoms with Crippen molar-refractivity contribution in [3.8, 4) is 5.75 Å². The van der Waals surface area contributed by atoms with Crippen molar-refractivity contribution in [1.29, 1.82) is 0 Å². The maximum Gasteiger partial charge on any atom is 0.308 e. The SMILES string of the molecule is C/C1=C\[C@H](C)CCOC(=O)CC(c2ccc(O)cc2)NC(=O)C(Cc2c[nH]c3ccccc23)N(C)C(=O)[C@H](C)NC(=O)[C@@H](C)C1.C/C=C(/C)CC(C)C.C=C/C=C\C. The minimum absolute atomic E-state index is 0.0500. The molecule has 2 unspecified atom stereocenters. The molecule has 2 heterocycles. The molecule has 1 aliphatic heterocycles. The Morgan fingerprint density at radius 1 is 0.983 bits per heavy atom. The number of nitrogens with zero attached hydrogens (tertiary/aromatic N) is 1. The zero-order valence-corrected chi connectivity index (χ0v) is 36.4. The number of aromatic amines is 1. The van der Waals surface area contributed by atoms with Crippen molar-refractivity contribution in [2.24, 2.45) is 17.8 Å². The molecule has 0 saturated heterocycles. The van der Waals surface area contributed by atoms with Gasteiger partial charge in [0.15, 0.2) is 0 Å². The normalized spacial score (nSPS) is 22.8. The third-order valence-corrected chi connectivity index (χ3v) is 9.95. The highest BCUT2D eigenvalue weighted by Gasteiger charge is 2.33. The molecule has 3 amide bonds. The number of nitrogens with one attached hydrogen (secondary N) is 3. The summed E-state index contributed by atoms with van der Waals surface area (Å²) in [6.45, 7) is 21.8. The van der Waals surface area contributed by atoms with Gasteiger partial charge < -0.3 is 30.4 Å². The Balaban J connectivity index is 0.000000769. The van der Waals surface area contributed by atoms with E-state index in [-0.39, 0.29) is 42.9 Å². The first-order valence-electron chi connectivity index (χ1n) is 20.4. The standard InChI is InChI=1S/C35H44N4O6.C8H16.C5H8/c1-21-14-15-45-32(41)19-30(25-10-12-27(40)13-11-25)38-34(43)31(18-26-20-36-29-9-7-6-8-28(26)29)39(5)35(44)24(4)37-33(42)23(3)17-22(2)16-21;1-5-8(4)6-7(2)3;1-3-5-4-2/h6-13,16,20-21,23-24,30-31,36,40H,14-15,17-19H2,1-5H3,(H,37,42)(H,38,43);5,7H,6H2,1-4H3;3-5H,1H2,2H3/b22-16+;8-5-;5-4-/t21-,23+,24+,30?,31?;;/m1../s1. The van der Waals surface area contributed by atoms with Gasteiger partial charge in [0.05, 0.1) is 19.1 Å². The van der Waals surface area contributed by atoms with E-state index in [0.29, 0.717) is 18.4 Å². The fraction of sp³-hybridized carbons (Fsp3) is 0.458. The predicted molar refractivity (Wildman–Crippen MR) is 236 cm³/mol. The highest BCUT2D eigenvalue weighted by atomic mass is 16.5. The predicted octanol–water partition coefficient (Wildman–Crippen LogP) is 9.30. The molecule has 10 nitrogen and oxygen atoms in total. The molecule has 0 bridgehead atoms. The quantitative estimate of drug-likeness (QED) is 0.111. The average Bonchev–Trinajstić information content (AvgIpc) is 3.59. The second-order valence-corrected chi connectivity index (χ2v) is 15.7. The lowest BCUT2D eigenvalue weighted by atomic mass is 9.97. The van der Waals surface area contributed by atoms with E-state index in [9.17, 15) is 24.3 Å². The summed E-state index contributed by atoms with van der Waals surface area (Å²) in [6.07, 6.45) is 14.1. The molecule has 0 fully saturated rings. The monoisotopic (exact) mass is 797 g/mol. The Labute approximate surface area is 346 Å². The van der Waals surface area contributed by atoms with E-state index in [4.69, 9.17) is 4.74 Å². The van der Waals surface area contributed by atoms with E-state index in [1.165, 1.54) is 29.0 Å². The molecule has 4 rings (SSSR count). The number of carbonyl (C=O) groups excluding carboxylic acids is 4. The van der Waals surface area contributed by atoms with Gasteiger partial charge in [0, 0.05) is 36.5 Å². The molecule has 0 aliphatic carbocycles. The van der Waals surface area contributed by atoms with Gasteiger partial charge in [0.25, 0.3) is 0 Å². The smallest absolute Gasteiger partial charge is 0.308 e. The van der Waals surface area contributed by atoms with Crippen molar-refractivity contribution in [1.82, 2.24) is 20.5 Å². The first-order valence-corrected chi connectivity index (χ1v) is 20.4. The highest BCUT2D eigenvalue weighted by Crippen LogP contribution is 2.25. The number of cyclic esters (lactones) is 1. The first-order chi connectivity index (χ1) is 27.5. The van der Waals surface area contributed by atoms with E-state index >= 15 is 0 Å². The number of ether oxygens (including phenoxy) is 1. The van der Waals surface area contributed by atoms with Crippen LogP contribution in [0.5, 0.6) is 5.75 Å². The van der Waals surface area contributed by atoms with Gasteiger partial charge in [-0.05, 0) is 95.0 Å². The van der Waals surface area contributed by atoms with Crippen molar-refractivity contribution in [2.45, 2.75) is 113 Å². The number of carbonyl (C=O) groups is 4. The minimum atomic E-state index is -0.975. The van der Waals surface area contributed by atoms with Crippen LogP contribution in [0.2, 0.25) is 0 Å². The average molecular weight is 797 g/mol. The van der Waals surface area contributed by atoms with E-state index in [1.54, 1.807) is 32.2 Å². The Morgan fingerprint density at radius 2 is 1.66 bits per heavy atom. The van der Waals surface area contributed by atoms with Gasteiger partial charge in [-0.15, -0.1) is 0 Å². The lowest BCUT2D eigenvalue weighted by molar-refractivity contribution is -0.145. The maximum atomic E-state index is 14.1. The zero-order valence-electron chi connectivity index (χ0n) is 36.4. The van der Waals surface area contributed by atoms with Crippen LogP contribution >= 0.6 is 0 Å². The van der Waals surface area contributed by atoms with Crippen molar-refractivity contribution < 1.29 is 29.0 Å². The van der Waals surface area contributed by atoms with Crippen LogP contribution in [0.4, 0.5) is 0 Å². The molecule has 2 aromatic carbocycles. The summed E-state index contributed by atoms with van der Waals surface area (Å²) < 4.78 is 5.57. The molecular weight excluding hydrogens is 729 g/mol. The van der Waals surface area contributed by atoms with Crippen molar-refractivity contribution in [3.63, 3.8) is 0 Å². The number of H-pyrrole nitrogens is 1. The van der Waals surface area contributed by atoms with E-state index in [1.807, 2.05) is 70.3 Å². The Kier molecular flexibility index (Phi) is 21.1. The van der Waals surface area contributed by atoms with Crippen LogP contribution in [0.1, 0.15) is 105 Å². The number of amides is 3. The third kappa shape index (κ3) is 16.6. The molecule has 10 heteroatoms. The molecular formula is C48H68N4O6. The second-order valence-electron chi connectivity index (χ2n) is 15.7. The molecule has 5 atom stereocenters. The molecule has 316 valence electrons. The molecule has 3 aromatic rings. The van der Waals surface area contributed by atoms with Gasteiger partial charge in [-0.3, -0.25) is 19.2 Å². The lowest BCUT2D eigenvalue weighted by Gasteiger charge is -2.31. The Morgan fingerprint density at radius 3 is 2.24 bits per heavy atom. The number of para-hydroxylation sites is 1. The summed E-state index contributed by atoms with van der Waals surface area (Å²) >= 11 is 0. The summed E-state index contributed by atoms with van der Waals surface area (Å²) in [5.74, 6) is -1.02. The van der Waals surface area contributed by atoms with Gasteiger partial charge in [-0.2, -0.15) is 0 Å². The number of fused-ring (bicyclic) bond motifs is 1. The number of hydrogen-bond donors (Lipinski definition) is 4. The van der Waals surface area contributed by atoms with Crippen LogP contribution in [0.25, 0.3) is 10.9 Å². The molecule has 1 aromatic heterocycles. The number of likely N-dealkylation sites (N-methyl/N-ethyl adjacent to an activating group) is 1. The van der Waals surface area contributed by atoms with Gasteiger partial charge in [0.1, 0.15) is 17.8 Å². The van der Waals surface area contributed by atoms with Gasteiger partial charge >= 0.3 is 5.97 Å². The van der Waals surface area contributed by atoms with E-state index in [0.717, 1.165) is 28.0 Å². The number of rotatable bonds is 6. The van der Waals surface area contributed by atoms with Gasteiger partial charge in [-0.1, -0.05) is 106 Å². The number of phenolic OH excluding ortho intramolecular Hbond substituents is 1. The summed E-state index contributed by atoms with van der Waals surface area (Å²) in [7, 11) is 1.55. The molecule has 1 aliphatic rings. The fourth-order valence-electron chi connectivity index (χ4n) is 6.71. The number of aromatic nitrogens is 1. The van der Waals surface area contributed by atoms with Crippen LogP contribution in [0.3, 0.4) is 0 Å². The summed E-state index contributed by atoms with van der Waals surface area (Å²) in [5, 5.41) is 16.6. The van der Waals surface area contributed by atoms with Gasteiger partial charge in [-0.25, -0.2) is 0 Å². The van der Waals surface area contributed by atoms with Crippen molar-refractivity contribution in [3.05, 3.63) is 114 Å². The highest BCUT2D eigenvalue weighted by molar-refractivity contribution is 5.93. The van der Waals surface area contributed by atoms with Crippen LogP contribution in [0.15, 0.2) is 103 Å². The third-order valence-electron chi connectivity index (χ3n) is 9.95. The molecule has 58 heavy (non-hydrogen) atoms. The van der Waals surface area contributed by atoms with Crippen molar-refractivity contribution >= 4 is 34.6 Å². The zero-order chi connectivity index (χ0) is 43.4. The number of hydrogen-bond acceptors (Lipinski definition) is 6. The molecule has 0 radical (unpaired) electrons. The Bertz CT molecular complexity index is 1870. The van der Waals surface area contributed by atoms with Crippen molar-refractivity contribution in [2.75, 3.05) is 13.7 Å². The van der Waals surface area contributed by atoms with Crippen LogP contribution < -0.4 is 10.6 Å².